The summed E-state index contributed by atoms with van der Waals surface area (Å²) in [5.74, 6) is 0.344. The van der Waals surface area contributed by atoms with Crippen LogP contribution in [-0.2, 0) is 14.6 Å². The fourth-order valence-corrected chi connectivity index (χ4v) is 2.52. The maximum Gasteiger partial charge on any atom is 0.244 e. The first-order valence-electron chi connectivity index (χ1n) is 6.68. The van der Waals surface area contributed by atoms with Crippen molar-refractivity contribution in [2.75, 3.05) is 6.26 Å². The van der Waals surface area contributed by atoms with Crippen LogP contribution in [0.1, 0.15) is 24.3 Å². The number of amides is 1. The first kappa shape index (κ1) is 16.0. The molecular formula is C16H17NO4S. The topological polar surface area (TPSA) is 76.4 Å². The molecule has 0 saturated heterocycles. The smallest absolute Gasteiger partial charge is 0.244 e. The number of carbonyl (C=O) groups excluding carboxylic acids is 1. The van der Waals surface area contributed by atoms with E-state index in [4.69, 9.17) is 4.42 Å². The van der Waals surface area contributed by atoms with Gasteiger partial charge >= 0.3 is 0 Å². The molecule has 1 N–H and O–H groups in total. The molecule has 1 aromatic heterocycles. The average Bonchev–Trinajstić information content (AvgIpc) is 2.97. The fourth-order valence-electron chi connectivity index (χ4n) is 1.89. The Balaban J connectivity index is 1.99. The molecule has 0 bridgehead atoms. The highest BCUT2D eigenvalue weighted by molar-refractivity contribution is 7.90. The first-order valence-corrected chi connectivity index (χ1v) is 8.57. The minimum Gasteiger partial charge on any atom is -0.465 e. The zero-order valence-corrected chi connectivity index (χ0v) is 13.1. The molecule has 5 nitrogen and oxygen atoms in total. The summed E-state index contributed by atoms with van der Waals surface area (Å²) < 4.78 is 27.9. The number of carbonyl (C=O) groups is 1. The number of furan rings is 1. The second kappa shape index (κ2) is 6.62. The van der Waals surface area contributed by atoms with Crippen molar-refractivity contribution in [2.45, 2.75) is 17.9 Å². The van der Waals surface area contributed by atoms with E-state index in [-0.39, 0.29) is 16.8 Å². The predicted molar refractivity (Wildman–Crippen MR) is 83.9 cm³/mol. The molecule has 1 amide bonds. The lowest BCUT2D eigenvalue weighted by atomic mass is 10.1. The molecule has 0 fully saturated rings. The highest BCUT2D eigenvalue weighted by atomic mass is 32.2. The van der Waals surface area contributed by atoms with E-state index in [9.17, 15) is 13.2 Å². The third kappa shape index (κ3) is 4.33. The van der Waals surface area contributed by atoms with Crippen LogP contribution in [0.4, 0.5) is 0 Å². The summed E-state index contributed by atoms with van der Waals surface area (Å²) >= 11 is 0. The van der Waals surface area contributed by atoms with E-state index in [2.05, 4.69) is 5.32 Å². The van der Waals surface area contributed by atoms with Gasteiger partial charge in [0, 0.05) is 12.3 Å². The molecule has 1 aromatic carbocycles. The monoisotopic (exact) mass is 319 g/mol. The zero-order chi connectivity index (χ0) is 16.2. The molecule has 1 atom stereocenters. The van der Waals surface area contributed by atoms with Crippen molar-refractivity contribution in [3.05, 3.63) is 60.1 Å². The fraction of sp³-hybridized carbons (Fsp3) is 0.188. The van der Waals surface area contributed by atoms with Crippen LogP contribution >= 0.6 is 0 Å². The minimum atomic E-state index is -3.21. The molecule has 0 saturated carbocycles. The van der Waals surface area contributed by atoms with E-state index in [1.54, 1.807) is 30.3 Å². The van der Waals surface area contributed by atoms with E-state index in [0.717, 1.165) is 11.8 Å². The zero-order valence-electron chi connectivity index (χ0n) is 12.3. The molecule has 1 unspecified atom stereocenters. The molecule has 2 rings (SSSR count). The Labute approximate surface area is 129 Å². The second-order valence-electron chi connectivity index (χ2n) is 4.92. The molecule has 0 radical (unpaired) electrons. The summed E-state index contributed by atoms with van der Waals surface area (Å²) in [6.45, 7) is 1.83. The number of benzene rings is 1. The first-order chi connectivity index (χ1) is 10.4. The summed E-state index contributed by atoms with van der Waals surface area (Å²) in [6.07, 6.45) is 5.66. The van der Waals surface area contributed by atoms with Crippen LogP contribution in [-0.4, -0.2) is 20.6 Å². The van der Waals surface area contributed by atoms with Crippen molar-refractivity contribution in [1.29, 1.82) is 0 Å². The second-order valence-corrected chi connectivity index (χ2v) is 6.94. The Morgan fingerprint density at radius 2 is 1.91 bits per heavy atom. The lowest BCUT2D eigenvalue weighted by Crippen LogP contribution is -2.24. The van der Waals surface area contributed by atoms with Crippen molar-refractivity contribution in [3.8, 4) is 0 Å². The van der Waals surface area contributed by atoms with E-state index >= 15 is 0 Å². The van der Waals surface area contributed by atoms with Gasteiger partial charge in [0.05, 0.1) is 17.2 Å². The van der Waals surface area contributed by atoms with Gasteiger partial charge in [0.15, 0.2) is 9.84 Å². The van der Waals surface area contributed by atoms with Crippen molar-refractivity contribution in [2.24, 2.45) is 0 Å². The highest BCUT2D eigenvalue weighted by Gasteiger charge is 2.10. The van der Waals surface area contributed by atoms with Gasteiger partial charge in [-0.15, -0.1) is 0 Å². The van der Waals surface area contributed by atoms with Gasteiger partial charge in [-0.3, -0.25) is 4.79 Å². The number of rotatable bonds is 5. The lowest BCUT2D eigenvalue weighted by Gasteiger charge is -2.13. The number of hydrogen-bond donors (Lipinski definition) is 1. The van der Waals surface area contributed by atoms with Crippen molar-refractivity contribution in [1.82, 2.24) is 5.32 Å². The van der Waals surface area contributed by atoms with Crippen LogP contribution < -0.4 is 5.32 Å². The summed E-state index contributed by atoms with van der Waals surface area (Å²) in [7, 11) is -3.21. The van der Waals surface area contributed by atoms with Crippen LogP contribution in [0.5, 0.6) is 0 Å². The molecule has 0 aliphatic heterocycles. The highest BCUT2D eigenvalue weighted by Crippen LogP contribution is 2.16. The van der Waals surface area contributed by atoms with Crippen LogP contribution in [0.3, 0.4) is 0 Å². The molecular weight excluding hydrogens is 302 g/mol. The normalized spacial score (nSPS) is 13.2. The van der Waals surface area contributed by atoms with Gasteiger partial charge in [0.2, 0.25) is 5.91 Å². The number of hydrogen-bond acceptors (Lipinski definition) is 4. The molecule has 1 heterocycles. The van der Waals surface area contributed by atoms with Gasteiger partial charge in [-0.2, -0.15) is 0 Å². The summed E-state index contributed by atoms with van der Waals surface area (Å²) in [5, 5.41) is 2.80. The van der Waals surface area contributed by atoms with Gasteiger partial charge in [0.1, 0.15) is 5.76 Å². The summed E-state index contributed by atoms with van der Waals surface area (Å²) in [6, 6.07) is 9.70. The van der Waals surface area contributed by atoms with Gasteiger partial charge in [-0.1, -0.05) is 12.1 Å². The lowest BCUT2D eigenvalue weighted by molar-refractivity contribution is -0.117. The third-order valence-corrected chi connectivity index (χ3v) is 4.24. The Morgan fingerprint density at radius 1 is 1.23 bits per heavy atom. The largest absolute Gasteiger partial charge is 0.465 e. The Hall–Kier alpha value is -2.34. The average molecular weight is 319 g/mol. The molecule has 0 aliphatic rings. The summed E-state index contributed by atoms with van der Waals surface area (Å²) in [5.41, 5.74) is 0.826. The molecule has 116 valence electrons. The molecule has 0 aliphatic carbocycles. The van der Waals surface area contributed by atoms with Crippen LogP contribution in [0.15, 0.2) is 58.1 Å². The van der Waals surface area contributed by atoms with E-state index < -0.39 is 9.84 Å². The number of nitrogens with one attached hydrogen (secondary N) is 1. The third-order valence-electron chi connectivity index (χ3n) is 3.11. The van der Waals surface area contributed by atoms with E-state index in [0.29, 0.717) is 5.76 Å². The maximum atomic E-state index is 11.8. The van der Waals surface area contributed by atoms with Gasteiger partial charge in [0.25, 0.3) is 0 Å². The Kier molecular flexibility index (Phi) is 4.82. The van der Waals surface area contributed by atoms with Crippen LogP contribution in [0, 0.1) is 0 Å². The van der Waals surface area contributed by atoms with Gasteiger partial charge in [-0.25, -0.2) is 8.42 Å². The summed E-state index contributed by atoms with van der Waals surface area (Å²) in [4.78, 5) is 12.1. The van der Waals surface area contributed by atoms with E-state index in [1.807, 2.05) is 6.92 Å². The SMILES string of the molecule is CC(NC(=O)/C=C/c1ccco1)c1ccc(S(C)(=O)=O)cc1. The van der Waals surface area contributed by atoms with Crippen LogP contribution in [0.2, 0.25) is 0 Å². The molecule has 22 heavy (non-hydrogen) atoms. The predicted octanol–water partition coefficient (Wildman–Crippen LogP) is 2.57. The van der Waals surface area contributed by atoms with E-state index in [1.165, 1.54) is 24.5 Å². The number of sulfone groups is 1. The van der Waals surface area contributed by atoms with Gasteiger partial charge in [-0.05, 0) is 42.8 Å². The molecule has 6 heteroatoms. The van der Waals surface area contributed by atoms with Crippen molar-refractivity contribution >= 4 is 21.8 Å². The maximum absolute atomic E-state index is 11.8. The quantitative estimate of drug-likeness (QED) is 0.859. The van der Waals surface area contributed by atoms with Crippen molar-refractivity contribution < 1.29 is 17.6 Å². The van der Waals surface area contributed by atoms with Crippen LogP contribution in [0.25, 0.3) is 6.08 Å². The minimum absolute atomic E-state index is 0.234. The van der Waals surface area contributed by atoms with Gasteiger partial charge < -0.3 is 9.73 Å². The Morgan fingerprint density at radius 3 is 2.45 bits per heavy atom. The van der Waals surface area contributed by atoms with Crippen molar-refractivity contribution in [3.63, 3.8) is 0 Å². The standard InChI is InChI=1S/C16H17NO4S/c1-12(13-5-8-15(9-6-13)22(2,19)20)17-16(18)10-7-14-4-3-11-21-14/h3-12H,1-2H3,(H,17,18)/b10-7+. The molecule has 0 spiro atoms. The molecule has 2 aromatic rings. The Bertz CT molecular complexity index is 759.